The van der Waals surface area contributed by atoms with E-state index in [-0.39, 0.29) is 11.9 Å². The van der Waals surface area contributed by atoms with Crippen molar-refractivity contribution in [3.05, 3.63) is 39.8 Å². The van der Waals surface area contributed by atoms with Crippen LogP contribution in [0, 0.1) is 6.92 Å². The van der Waals surface area contributed by atoms with Crippen molar-refractivity contribution >= 4 is 39.0 Å². The van der Waals surface area contributed by atoms with Crippen molar-refractivity contribution in [1.82, 2.24) is 19.5 Å². The van der Waals surface area contributed by atoms with Crippen LogP contribution in [0.1, 0.15) is 33.3 Å². The Morgan fingerprint density at radius 3 is 2.76 bits per heavy atom. The van der Waals surface area contributed by atoms with Gasteiger partial charge in [-0.05, 0) is 37.5 Å². The molecule has 1 atom stereocenters. The standard InChI is InChI=1S/C14H14N4OS2/c1-8-12(21-17-16-8)14(19)18(3)9(2)13-15-10-6-4-5-7-11(10)20-13/h4-7,9H,1-3H3/t9-/m0/s1. The van der Waals surface area contributed by atoms with Crippen LogP contribution in [-0.4, -0.2) is 32.4 Å². The zero-order valence-corrected chi connectivity index (χ0v) is 13.5. The Hall–Kier alpha value is -1.86. The summed E-state index contributed by atoms with van der Waals surface area (Å²) in [5.74, 6) is -0.0609. The first-order chi connectivity index (χ1) is 10.1. The van der Waals surface area contributed by atoms with E-state index in [9.17, 15) is 4.79 Å². The molecule has 3 rings (SSSR count). The average Bonchev–Trinajstić information content (AvgIpc) is 3.10. The minimum Gasteiger partial charge on any atom is -0.332 e. The lowest BCUT2D eigenvalue weighted by atomic mass is 10.2. The van der Waals surface area contributed by atoms with E-state index in [4.69, 9.17) is 0 Å². The van der Waals surface area contributed by atoms with Gasteiger partial charge in [0, 0.05) is 7.05 Å². The van der Waals surface area contributed by atoms with Crippen LogP contribution in [0.5, 0.6) is 0 Å². The summed E-state index contributed by atoms with van der Waals surface area (Å²) in [4.78, 5) is 19.4. The maximum absolute atomic E-state index is 12.5. The number of aryl methyl sites for hydroxylation is 1. The minimum absolute atomic E-state index is 0.0609. The minimum atomic E-state index is -0.0867. The first-order valence-electron chi connectivity index (χ1n) is 6.49. The van der Waals surface area contributed by atoms with Gasteiger partial charge in [-0.2, -0.15) is 0 Å². The van der Waals surface area contributed by atoms with E-state index in [1.807, 2.05) is 31.2 Å². The third kappa shape index (κ3) is 2.54. The molecule has 0 radical (unpaired) electrons. The number of aromatic nitrogens is 3. The highest BCUT2D eigenvalue weighted by molar-refractivity contribution is 7.18. The van der Waals surface area contributed by atoms with Crippen molar-refractivity contribution in [3.63, 3.8) is 0 Å². The Balaban J connectivity index is 1.88. The molecular formula is C14H14N4OS2. The van der Waals surface area contributed by atoms with Gasteiger partial charge in [0.05, 0.1) is 22.0 Å². The summed E-state index contributed by atoms with van der Waals surface area (Å²) in [5.41, 5.74) is 1.65. The largest absolute Gasteiger partial charge is 0.332 e. The van der Waals surface area contributed by atoms with Crippen LogP contribution in [0.3, 0.4) is 0 Å². The van der Waals surface area contributed by atoms with Gasteiger partial charge in [-0.15, -0.1) is 16.4 Å². The summed E-state index contributed by atoms with van der Waals surface area (Å²) in [7, 11) is 1.79. The molecule has 0 unspecified atom stereocenters. The van der Waals surface area contributed by atoms with E-state index in [1.54, 1.807) is 30.2 Å². The fourth-order valence-corrected chi connectivity index (χ4v) is 3.70. The number of nitrogens with zero attached hydrogens (tertiary/aromatic N) is 4. The second-order valence-corrected chi connectivity index (χ2v) is 6.62. The Kier molecular flexibility index (Phi) is 3.69. The molecule has 0 saturated carbocycles. The van der Waals surface area contributed by atoms with Crippen molar-refractivity contribution in [2.24, 2.45) is 0 Å². The van der Waals surface area contributed by atoms with Crippen molar-refractivity contribution in [1.29, 1.82) is 0 Å². The molecule has 2 aromatic heterocycles. The van der Waals surface area contributed by atoms with Crippen molar-refractivity contribution in [2.45, 2.75) is 19.9 Å². The van der Waals surface area contributed by atoms with Gasteiger partial charge < -0.3 is 4.90 Å². The van der Waals surface area contributed by atoms with Crippen LogP contribution in [0.25, 0.3) is 10.2 Å². The molecular weight excluding hydrogens is 304 g/mol. The molecule has 3 aromatic rings. The number of para-hydroxylation sites is 1. The van der Waals surface area contributed by atoms with Gasteiger partial charge in [0.1, 0.15) is 9.88 Å². The van der Waals surface area contributed by atoms with E-state index in [2.05, 4.69) is 14.6 Å². The van der Waals surface area contributed by atoms with Crippen LogP contribution >= 0.6 is 22.9 Å². The number of benzene rings is 1. The quantitative estimate of drug-likeness (QED) is 0.743. The predicted molar refractivity (Wildman–Crippen MR) is 84.8 cm³/mol. The summed E-state index contributed by atoms with van der Waals surface area (Å²) in [6, 6.07) is 7.91. The highest BCUT2D eigenvalue weighted by Gasteiger charge is 2.24. The highest BCUT2D eigenvalue weighted by Crippen LogP contribution is 2.29. The Morgan fingerprint density at radius 1 is 1.33 bits per heavy atom. The molecule has 0 bridgehead atoms. The molecule has 0 aliphatic heterocycles. The molecule has 0 spiro atoms. The van der Waals surface area contributed by atoms with Gasteiger partial charge in [-0.3, -0.25) is 4.79 Å². The number of thiazole rings is 1. The SMILES string of the molecule is Cc1nnsc1C(=O)N(C)[C@@H](C)c1nc2ccccc2s1. The van der Waals surface area contributed by atoms with Crippen molar-refractivity contribution < 1.29 is 4.79 Å². The first kappa shape index (κ1) is 14.1. The molecule has 0 aliphatic rings. The number of hydrogen-bond acceptors (Lipinski definition) is 6. The second kappa shape index (κ2) is 5.50. The number of fused-ring (bicyclic) bond motifs is 1. The van der Waals surface area contributed by atoms with Crippen LogP contribution in [0.4, 0.5) is 0 Å². The molecule has 21 heavy (non-hydrogen) atoms. The smallest absolute Gasteiger partial charge is 0.267 e. The molecule has 0 aliphatic carbocycles. The third-order valence-electron chi connectivity index (χ3n) is 3.41. The molecule has 1 amide bonds. The fraction of sp³-hybridized carbons (Fsp3) is 0.286. The summed E-state index contributed by atoms with van der Waals surface area (Å²) >= 11 is 2.75. The van der Waals surface area contributed by atoms with Gasteiger partial charge in [-0.25, -0.2) is 4.98 Å². The number of carbonyl (C=O) groups is 1. The highest BCUT2D eigenvalue weighted by atomic mass is 32.1. The number of rotatable bonds is 3. The summed E-state index contributed by atoms with van der Waals surface area (Å²) < 4.78 is 4.96. The third-order valence-corrected chi connectivity index (χ3v) is 5.44. The maximum atomic E-state index is 12.5. The monoisotopic (exact) mass is 318 g/mol. The van der Waals surface area contributed by atoms with E-state index in [1.165, 1.54) is 0 Å². The number of carbonyl (C=O) groups excluding carboxylic acids is 1. The Labute approximate surface area is 130 Å². The fourth-order valence-electron chi connectivity index (χ4n) is 2.00. The predicted octanol–water partition coefficient (Wildman–Crippen LogP) is 3.29. The van der Waals surface area contributed by atoms with E-state index >= 15 is 0 Å². The topological polar surface area (TPSA) is 59.0 Å². The lowest BCUT2D eigenvalue weighted by Crippen LogP contribution is -2.29. The van der Waals surface area contributed by atoms with E-state index in [0.717, 1.165) is 26.8 Å². The first-order valence-corrected chi connectivity index (χ1v) is 8.08. The lowest BCUT2D eigenvalue weighted by molar-refractivity contribution is 0.0746. The number of hydrogen-bond donors (Lipinski definition) is 0. The van der Waals surface area contributed by atoms with Gasteiger partial charge in [0.2, 0.25) is 0 Å². The Bertz CT molecular complexity index is 762. The Morgan fingerprint density at radius 2 is 2.10 bits per heavy atom. The van der Waals surface area contributed by atoms with E-state index < -0.39 is 0 Å². The van der Waals surface area contributed by atoms with Gasteiger partial charge in [0.25, 0.3) is 5.91 Å². The average molecular weight is 318 g/mol. The molecule has 0 fully saturated rings. The maximum Gasteiger partial charge on any atom is 0.267 e. The van der Waals surface area contributed by atoms with Crippen LogP contribution in [0.2, 0.25) is 0 Å². The number of amides is 1. The van der Waals surface area contributed by atoms with Gasteiger partial charge in [0.15, 0.2) is 0 Å². The lowest BCUT2D eigenvalue weighted by Gasteiger charge is -2.22. The van der Waals surface area contributed by atoms with Crippen molar-refractivity contribution in [3.8, 4) is 0 Å². The van der Waals surface area contributed by atoms with Crippen LogP contribution in [0.15, 0.2) is 24.3 Å². The van der Waals surface area contributed by atoms with Gasteiger partial charge in [-0.1, -0.05) is 16.6 Å². The van der Waals surface area contributed by atoms with Crippen LogP contribution < -0.4 is 0 Å². The summed E-state index contributed by atoms with van der Waals surface area (Å²) in [6.45, 7) is 3.78. The molecule has 2 heterocycles. The van der Waals surface area contributed by atoms with Gasteiger partial charge >= 0.3 is 0 Å². The normalized spacial score (nSPS) is 12.5. The molecule has 0 N–H and O–H groups in total. The second-order valence-electron chi connectivity index (χ2n) is 4.80. The molecule has 5 nitrogen and oxygen atoms in total. The van der Waals surface area contributed by atoms with E-state index in [0.29, 0.717) is 10.6 Å². The zero-order chi connectivity index (χ0) is 15.0. The summed E-state index contributed by atoms with van der Waals surface area (Å²) in [6.07, 6.45) is 0. The zero-order valence-electron chi connectivity index (χ0n) is 11.9. The van der Waals surface area contributed by atoms with Crippen LogP contribution in [-0.2, 0) is 0 Å². The molecule has 108 valence electrons. The van der Waals surface area contributed by atoms with Crippen molar-refractivity contribution in [2.75, 3.05) is 7.05 Å². The molecule has 0 saturated heterocycles. The summed E-state index contributed by atoms with van der Waals surface area (Å²) in [5, 5.41) is 4.83. The molecule has 1 aromatic carbocycles. The molecule has 7 heteroatoms.